The van der Waals surface area contributed by atoms with E-state index in [2.05, 4.69) is 0 Å². The molecule has 0 aliphatic carbocycles. The Kier molecular flexibility index (Phi) is 4.24. The number of carbonyl (C=O) groups excluding carboxylic acids is 1. The third kappa shape index (κ3) is 3.95. The molecule has 1 amide bonds. The van der Waals surface area contributed by atoms with Gasteiger partial charge in [0.1, 0.15) is 5.25 Å². The number of rotatable bonds is 4. The fraction of sp³-hybridized carbons (Fsp3) is 0.364. The van der Waals surface area contributed by atoms with Crippen molar-refractivity contribution in [3.63, 3.8) is 0 Å². The Morgan fingerprint density at radius 2 is 1.95 bits per heavy atom. The van der Waals surface area contributed by atoms with Crippen LogP contribution in [0, 0.1) is 0 Å². The minimum absolute atomic E-state index is 0.0390. The van der Waals surface area contributed by atoms with Crippen LogP contribution in [0.3, 0.4) is 0 Å². The maximum atomic E-state index is 12.5. The number of alkyl halides is 3. The molecule has 0 saturated heterocycles. The molecule has 1 aromatic carbocycles. The molecular formula is C11H12F3NO3S. The Labute approximate surface area is 108 Å². The molecule has 0 aliphatic rings. The van der Waals surface area contributed by atoms with E-state index in [4.69, 9.17) is 5.73 Å². The van der Waals surface area contributed by atoms with Crippen molar-refractivity contribution in [1.82, 2.24) is 0 Å². The molecule has 0 aromatic heterocycles. The van der Waals surface area contributed by atoms with Gasteiger partial charge in [0.15, 0.2) is 9.84 Å². The molecule has 1 aromatic rings. The van der Waals surface area contributed by atoms with Crippen LogP contribution in [0.4, 0.5) is 13.2 Å². The fourth-order valence-electron chi connectivity index (χ4n) is 1.37. The van der Waals surface area contributed by atoms with E-state index in [1.807, 2.05) is 0 Å². The summed E-state index contributed by atoms with van der Waals surface area (Å²) in [6.45, 7) is 1.10. The maximum Gasteiger partial charge on any atom is 0.416 e. The summed E-state index contributed by atoms with van der Waals surface area (Å²) in [7, 11) is -3.92. The molecule has 8 heteroatoms. The van der Waals surface area contributed by atoms with Gasteiger partial charge >= 0.3 is 6.18 Å². The smallest absolute Gasteiger partial charge is 0.369 e. The van der Waals surface area contributed by atoms with Gasteiger partial charge in [-0.25, -0.2) is 8.42 Å². The Morgan fingerprint density at radius 1 is 1.37 bits per heavy atom. The van der Waals surface area contributed by atoms with Crippen LogP contribution in [0.2, 0.25) is 0 Å². The Bertz CT molecular complexity index is 581. The predicted molar refractivity (Wildman–Crippen MR) is 62.7 cm³/mol. The lowest BCUT2D eigenvalue weighted by atomic mass is 10.1. The zero-order chi connectivity index (χ0) is 14.8. The van der Waals surface area contributed by atoms with Gasteiger partial charge in [-0.05, 0) is 18.6 Å². The van der Waals surface area contributed by atoms with Crippen LogP contribution in [0.1, 0.15) is 18.1 Å². The summed E-state index contributed by atoms with van der Waals surface area (Å²) in [6.07, 6.45) is -4.55. The quantitative estimate of drug-likeness (QED) is 0.914. The minimum Gasteiger partial charge on any atom is -0.369 e. The van der Waals surface area contributed by atoms with Crippen molar-refractivity contribution in [2.24, 2.45) is 5.73 Å². The van der Waals surface area contributed by atoms with Gasteiger partial charge in [0.2, 0.25) is 5.91 Å². The van der Waals surface area contributed by atoms with E-state index in [0.29, 0.717) is 0 Å². The number of halogens is 3. The van der Waals surface area contributed by atoms with E-state index < -0.39 is 38.5 Å². The lowest BCUT2D eigenvalue weighted by Crippen LogP contribution is -2.34. The van der Waals surface area contributed by atoms with Gasteiger partial charge in [0, 0.05) is 0 Å². The van der Waals surface area contributed by atoms with Crippen LogP contribution in [0.5, 0.6) is 0 Å². The molecule has 0 heterocycles. The number of hydrogen-bond donors (Lipinski definition) is 1. The van der Waals surface area contributed by atoms with Crippen LogP contribution < -0.4 is 5.73 Å². The number of hydrogen-bond acceptors (Lipinski definition) is 3. The molecular weight excluding hydrogens is 283 g/mol. The van der Waals surface area contributed by atoms with Crippen LogP contribution in [-0.2, 0) is 26.6 Å². The monoisotopic (exact) mass is 295 g/mol. The third-order valence-electron chi connectivity index (χ3n) is 2.56. The molecule has 0 fully saturated rings. The largest absolute Gasteiger partial charge is 0.416 e. The first kappa shape index (κ1) is 15.5. The summed E-state index contributed by atoms with van der Waals surface area (Å²) >= 11 is 0. The summed E-state index contributed by atoms with van der Waals surface area (Å²) in [6, 6.07) is 3.95. The lowest BCUT2D eigenvalue weighted by molar-refractivity contribution is -0.137. The van der Waals surface area contributed by atoms with E-state index in [0.717, 1.165) is 25.1 Å². The summed E-state index contributed by atoms with van der Waals surface area (Å²) in [5.41, 5.74) is 3.90. The molecule has 106 valence electrons. The molecule has 19 heavy (non-hydrogen) atoms. The van der Waals surface area contributed by atoms with Gasteiger partial charge in [-0.2, -0.15) is 13.2 Å². The molecule has 4 nitrogen and oxygen atoms in total. The topological polar surface area (TPSA) is 77.2 Å². The highest BCUT2D eigenvalue weighted by atomic mass is 32.2. The second-order valence-corrected chi connectivity index (χ2v) is 6.37. The predicted octanol–water partition coefficient (Wildman–Crippen LogP) is 1.49. The van der Waals surface area contributed by atoms with Crippen LogP contribution >= 0.6 is 0 Å². The SMILES string of the molecule is C[C@@H](C(N)=O)S(=O)(=O)Cc1cccc(C(F)(F)F)c1. The molecule has 0 radical (unpaired) electrons. The summed E-state index contributed by atoms with van der Waals surface area (Å²) in [4.78, 5) is 10.8. The Hall–Kier alpha value is -1.57. The average Bonchev–Trinajstić information content (AvgIpc) is 2.26. The van der Waals surface area contributed by atoms with Gasteiger partial charge < -0.3 is 5.73 Å². The van der Waals surface area contributed by atoms with Crippen molar-refractivity contribution in [3.05, 3.63) is 35.4 Å². The van der Waals surface area contributed by atoms with Crippen molar-refractivity contribution in [3.8, 4) is 0 Å². The van der Waals surface area contributed by atoms with Crippen LogP contribution in [0.25, 0.3) is 0 Å². The standard InChI is InChI=1S/C11H12F3NO3S/c1-7(10(15)16)19(17,18)6-8-3-2-4-9(5-8)11(12,13)14/h2-5,7H,6H2,1H3,(H2,15,16)/t7-/m0/s1. The van der Waals surface area contributed by atoms with Gasteiger partial charge in [-0.1, -0.05) is 18.2 Å². The van der Waals surface area contributed by atoms with Crippen molar-refractivity contribution in [2.75, 3.05) is 0 Å². The maximum absolute atomic E-state index is 12.5. The summed E-state index contributed by atoms with van der Waals surface area (Å²) in [5, 5.41) is -1.44. The zero-order valence-corrected chi connectivity index (χ0v) is 10.8. The number of nitrogens with two attached hydrogens (primary N) is 1. The number of sulfone groups is 1. The highest BCUT2D eigenvalue weighted by Gasteiger charge is 2.31. The van der Waals surface area contributed by atoms with Crippen molar-refractivity contribution >= 4 is 15.7 Å². The number of benzene rings is 1. The van der Waals surface area contributed by atoms with Gasteiger partial charge in [-0.15, -0.1) is 0 Å². The lowest BCUT2D eigenvalue weighted by Gasteiger charge is -2.11. The molecule has 0 bridgehead atoms. The zero-order valence-electron chi connectivity index (χ0n) is 9.94. The highest BCUT2D eigenvalue weighted by Crippen LogP contribution is 2.30. The van der Waals surface area contributed by atoms with E-state index in [-0.39, 0.29) is 5.56 Å². The Balaban J connectivity index is 3.05. The normalized spacial score (nSPS) is 14.1. The molecule has 2 N–H and O–H groups in total. The van der Waals surface area contributed by atoms with Crippen LogP contribution in [0.15, 0.2) is 24.3 Å². The molecule has 0 spiro atoms. The second kappa shape index (κ2) is 5.20. The first-order chi connectivity index (χ1) is 8.54. The van der Waals surface area contributed by atoms with E-state index in [1.165, 1.54) is 6.07 Å². The number of primary amides is 1. The number of amides is 1. The molecule has 1 atom stereocenters. The van der Waals surface area contributed by atoms with Gasteiger partial charge in [0.25, 0.3) is 0 Å². The van der Waals surface area contributed by atoms with Gasteiger partial charge in [-0.3, -0.25) is 4.79 Å². The van der Waals surface area contributed by atoms with Crippen molar-refractivity contribution in [1.29, 1.82) is 0 Å². The number of carbonyl (C=O) groups is 1. The molecule has 1 rings (SSSR count). The summed E-state index contributed by atoms with van der Waals surface area (Å²) < 4.78 is 60.8. The van der Waals surface area contributed by atoms with E-state index in [1.54, 1.807) is 0 Å². The molecule has 0 saturated carbocycles. The van der Waals surface area contributed by atoms with Gasteiger partial charge in [0.05, 0.1) is 11.3 Å². The van der Waals surface area contributed by atoms with E-state index in [9.17, 15) is 26.4 Å². The summed E-state index contributed by atoms with van der Waals surface area (Å²) in [5.74, 6) is -1.70. The Morgan fingerprint density at radius 3 is 2.42 bits per heavy atom. The second-order valence-electron chi connectivity index (χ2n) is 4.05. The van der Waals surface area contributed by atoms with Crippen molar-refractivity contribution < 1.29 is 26.4 Å². The third-order valence-corrected chi connectivity index (χ3v) is 4.61. The van der Waals surface area contributed by atoms with E-state index >= 15 is 0 Å². The first-order valence-corrected chi connectivity index (χ1v) is 6.92. The van der Waals surface area contributed by atoms with Crippen LogP contribution in [-0.4, -0.2) is 19.6 Å². The van der Waals surface area contributed by atoms with Crippen molar-refractivity contribution in [2.45, 2.75) is 24.1 Å². The minimum atomic E-state index is -4.55. The fourth-order valence-corrected chi connectivity index (χ4v) is 2.62. The average molecular weight is 295 g/mol. The molecule has 0 aliphatic heterocycles. The highest BCUT2D eigenvalue weighted by molar-refractivity contribution is 7.92. The first-order valence-electron chi connectivity index (χ1n) is 5.21. The molecule has 0 unspecified atom stereocenters.